The lowest BCUT2D eigenvalue weighted by atomic mass is 9.95. The summed E-state index contributed by atoms with van der Waals surface area (Å²) in [5.41, 5.74) is 0.500. The number of nitrogens with zero attached hydrogens (tertiary/aromatic N) is 5. The molecule has 2 aromatic rings. The highest BCUT2D eigenvalue weighted by Gasteiger charge is 2.36. The summed E-state index contributed by atoms with van der Waals surface area (Å²) in [4.78, 5) is 132. The average Bonchev–Trinajstić information content (AvgIpc) is 0.788. The third-order valence-electron chi connectivity index (χ3n) is 16.2. The molecule has 1 aromatic heterocycles. The number of carbonyl (C=O) groups excluding carboxylic acids is 9. The summed E-state index contributed by atoms with van der Waals surface area (Å²) in [5, 5.41) is 7.45. The van der Waals surface area contributed by atoms with Crippen LogP contribution in [0, 0.1) is 19.8 Å². The van der Waals surface area contributed by atoms with E-state index in [0.29, 0.717) is 19.3 Å². The van der Waals surface area contributed by atoms with Gasteiger partial charge >= 0.3 is 23.9 Å². The van der Waals surface area contributed by atoms with Crippen molar-refractivity contribution in [1.29, 1.82) is 0 Å². The molecule has 2 heterocycles. The second kappa shape index (κ2) is 41.1. The second-order valence-corrected chi connectivity index (χ2v) is 35.6. The molecule has 0 unspecified atom stereocenters. The van der Waals surface area contributed by atoms with Crippen LogP contribution in [0.25, 0.3) is 0 Å². The molecule has 0 radical (unpaired) electrons. The Morgan fingerprint density at radius 3 is 1.50 bits per heavy atom. The molecule has 0 saturated carbocycles. The van der Waals surface area contributed by atoms with Gasteiger partial charge in [-0.3, -0.25) is 76.8 Å². The maximum atomic E-state index is 14.1. The fourth-order valence-electron chi connectivity index (χ4n) is 11.7. The van der Waals surface area contributed by atoms with Gasteiger partial charge in [0.05, 0.1) is 49.4 Å². The number of pyridine rings is 1. The minimum Gasteiger partial charge on any atom is -0.494 e. The average molecular weight is 1540 g/mol. The van der Waals surface area contributed by atoms with Gasteiger partial charge in [-0.25, -0.2) is 8.42 Å². The van der Waals surface area contributed by atoms with Crippen molar-refractivity contribution in [2.24, 2.45) is 5.92 Å². The van der Waals surface area contributed by atoms with Crippen LogP contribution in [0.3, 0.4) is 0 Å². The third-order valence-corrected chi connectivity index (χ3v) is 19.6. The number of hydrogen-bond donors (Lipinski definition) is 6. The van der Waals surface area contributed by atoms with E-state index in [4.69, 9.17) is 28.7 Å². The summed E-state index contributed by atoms with van der Waals surface area (Å²) in [5.74, 6) is -10.7. The van der Waals surface area contributed by atoms with Crippen molar-refractivity contribution in [3.63, 3.8) is 0 Å². The van der Waals surface area contributed by atoms with Crippen molar-refractivity contribution in [3.05, 3.63) is 52.3 Å². The Balaban J connectivity index is 1.35. The van der Waals surface area contributed by atoms with Crippen LogP contribution in [0.15, 0.2) is 29.2 Å². The largest absolute Gasteiger partial charge is 0.494 e. The molecule has 1 aliphatic heterocycles. The van der Waals surface area contributed by atoms with E-state index in [1.54, 1.807) is 97.8 Å². The molecule has 31 nitrogen and oxygen atoms in total. The van der Waals surface area contributed by atoms with Gasteiger partial charge < -0.3 is 39.6 Å². The molecule has 2 aliphatic rings. The van der Waals surface area contributed by atoms with Gasteiger partial charge in [-0.2, -0.15) is 21.6 Å². The number of sulfonamides is 1. The Hall–Kier alpha value is -6.63. The summed E-state index contributed by atoms with van der Waals surface area (Å²) >= 11 is 0. The Bertz CT molecular complexity index is 3590. The molecule has 1 fully saturated rings. The Morgan fingerprint density at radius 2 is 1.02 bits per heavy atom. The fourth-order valence-corrected chi connectivity index (χ4v) is 14.8. The van der Waals surface area contributed by atoms with Crippen molar-refractivity contribution >= 4 is 83.4 Å². The Labute approximate surface area is 620 Å². The molecule has 0 bridgehead atoms. The zero-order valence-electron chi connectivity index (χ0n) is 63.8. The molecule has 0 spiro atoms. The van der Waals surface area contributed by atoms with E-state index in [-0.39, 0.29) is 145 Å². The molecule has 1 aliphatic carbocycles. The van der Waals surface area contributed by atoms with Gasteiger partial charge in [0.1, 0.15) is 51.8 Å². The summed E-state index contributed by atoms with van der Waals surface area (Å²) in [6.45, 7) is 23.3. The number of ether oxygens (including phenoxy) is 5. The van der Waals surface area contributed by atoms with Gasteiger partial charge in [0.2, 0.25) is 27.7 Å². The van der Waals surface area contributed by atoms with Crippen LogP contribution in [0.1, 0.15) is 175 Å². The monoisotopic (exact) mass is 1540 g/mol. The number of nitrogens with one attached hydrogen (secondary N) is 4. The zero-order valence-corrected chi connectivity index (χ0v) is 66.2. The first-order chi connectivity index (χ1) is 48.5. The van der Waals surface area contributed by atoms with Crippen LogP contribution in [0.4, 0.5) is 0 Å². The molecule has 1 aromatic carbocycles. The van der Waals surface area contributed by atoms with E-state index in [2.05, 4.69) is 26.7 Å². The molecular formula is C71H115N9O22S3. The van der Waals surface area contributed by atoms with E-state index in [1.807, 2.05) is 11.0 Å². The zero-order chi connectivity index (χ0) is 78.9. The number of carbonyl (C=O) groups is 9. The molecule has 3 amide bonds. The number of amides is 3. The van der Waals surface area contributed by atoms with Crippen molar-refractivity contribution in [1.82, 2.24) is 45.3 Å². The molecule has 3 atom stereocenters. The van der Waals surface area contributed by atoms with Gasteiger partial charge in [-0.15, -0.1) is 0 Å². The maximum absolute atomic E-state index is 14.1. The van der Waals surface area contributed by atoms with E-state index in [9.17, 15) is 77.5 Å². The lowest BCUT2D eigenvalue weighted by Gasteiger charge is -2.34. The summed E-state index contributed by atoms with van der Waals surface area (Å²) in [6.07, 6.45) is 5.00. The number of esters is 4. The minimum absolute atomic E-state index is 0.00778. The smallest absolute Gasteiger partial charge is 0.326 e. The third kappa shape index (κ3) is 38.1. The Morgan fingerprint density at radius 1 is 0.552 bits per heavy atom. The number of fused-ring (bicyclic) bond motifs is 1. The number of aryl methyl sites for hydroxylation is 5. The lowest BCUT2D eigenvalue weighted by Crippen LogP contribution is -2.50. The maximum Gasteiger partial charge on any atom is 0.326 e. The minimum atomic E-state index is -5.04. The standard InChI is InChI=1S/C71H115N9O22S3/c1-49-39-55(40-50(2)65(49)105(96,97)76-57(67(89)102-71(12,13)14)42-73-61(84)25-18-16-22-53-28-27-51-21-15-17-23-56(51)74-53)98-38-20-26-60(83)72-29-19-24-59(82)58(48-104(93,94)95)75-66(88)52(47-103(90,91)92)41-54(81)43-77-30-32-78(44-62(85)99-68(3,4)5)34-36-80(46-64(87)101-70(9,10)11)37-35-79(33-31-77)45-63(86)100-69(6,7)8/h27-28,39-40,52,57-58,76H,15-26,29-38,41-48H2,1-14H3,(H,72,83)(H,73,84)(H,75,88)(H,90,91,92)(H,93,94,95)/t52-,57-,58-/m0/s1. The van der Waals surface area contributed by atoms with Crippen LogP contribution < -0.4 is 25.4 Å². The SMILES string of the molecule is Cc1cc(OCCCC(=O)NCCCC(=O)[C@H](CS(=O)(=O)O)NC(=O)[C@@H](CC(=O)CN2CCN(CC(=O)OC(C)(C)C)CCN(CC(=O)OC(C)(C)C)CCN(CC(=O)OC(C)(C)C)CC2)CS(=O)(=O)O)cc(C)c1S(=O)(=O)N[C@@H](CNC(=O)CCCCc1ccc2c(n1)CCCC2)C(=O)OC(C)(C)C. The Kier molecular flexibility index (Phi) is 35.5. The number of aromatic nitrogens is 1. The van der Waals surface area contributed by atoms with Crippen molar-refractivity contribution in [2.45, 2.75) is 220 Å². The second-order valence-electron chi connectivity index (χ2n) is 31.0. The van der Waals surface area contributed by atoms with E-state index >= 15 is 0 Å². The number of benzene rings is 1. The van der Waals surface area contributed by atoms with Gasteiger partial charge in [0.15, 0.2) is 5.78 Å². The summed E-state index contributed by atoms with van der Waals surface area (Å²) in [6, 6.07) is 3.64. The fraction of sp³-hybridized carbons (Fsp3) is 0.718. The number of hydrogen-bond acceptors (Lipinski definition) is 25. The predicted molar refractivity (Wildman–Crippen MR) is 390 cm³/mol. The van der Waals surface area contributed by atoms with Gasteiger partial charge in [-0.05, 0) is 190 Å². The van der Waals surface area contributed by atoms with Gasteiger partial charge in [-0.1, -0.05) is 6.07 Å². The van der Waals surface area contributed by atoms with E-state index in [0.717, 1.165) is 37.1 Å². The molecule has 4 rings (SSSR count). The molecule has 6 N–H and O–H groups in total. The number of unbranched alkanes of at least 4 members (excludes halogenated alkanes) is 1. The number of Topliss-reactive ketones (excluding diaryl/α,β-unsaturated/α-hetero) is 2. The van der Waals surface area contributed by atoms with Crippen LogP contribution in [-0.4, -0.2) is 256 Å². The summed E-state index contributed by atoms with van der Waals surface area (Å²) in [7, 11) is -14.5. The van der Waals surface area contributed by atoms with Crippen LogP contribution in [-0.2, 0) is 112 Å². The first kappa shape index (κ1) is 90.8. The first-order valence-electron chi connectivity index (χ1n) is 35.8. The molecule has 594 valence electrons. The van der Waals surface area contributed by atoms with Crippen molar-refractivity contribution in [3.8, 4) is 5.75 Å². The molecule has 34 heteroatoms. The topological polar surface area (TPSA) is 417 Å². The molecule has 1 saturated heterocycles. The highest BCUT2D eigenvalue weighted by molar-refractivity contribution is 7.89. The quantitative estimate of drug-likeness (QED) is 0.0242. The lowest BCUT2D eigenvalue weighted by molar-refractivity contribution is -0.158. The first-order valence-corrected chi connectivity index (χ1v) is 40.5. The normalized spacial score (nSPS) is 16.2. The number of rotatable bonds is 37. The van der Waals surface area contributed by atoms with E-state index < -0.39 is 149 Å². The van der Waals surface area contributed by atoms with Crippen LogP contribution >= 0.6 is 0 Å². The van der Waals surface area contributed by atoms with Crippen LogP contribution in [0.2, 0.25) is 0 Å². The highest BCUT2D eigenvalue weighted by Crippen LogP contribution is 2.27. The highest BCUT2D eigenvalue weighted by atomic mass is 32.2. The molecular weight excluding hydrogens is 1430 g/mol. The van der Waals surface area contributed by atoms with Gasteiger partial charge in [0.25, 0.3) is 20.2 Å². The van der Waals surface area contributed by atoms with Crippen molar-refractivity contribution in [2.75, 3.05) is 110 Å². The van der Waals surface area contributed by atoms with Gasteiger partial charge in [0, 0.05) is 103 Å². The van der Waals surface area contributed by atoms with Crippen molar-refractivity contribution < 1.29 is 101 Å². The van der Waals surface area contributed by atoms with Crippen LogP contribution in [0.5, 0.6) is 5.75 Å². The predicted octanol–water partition coefficient (Wildman–Crippen LogP) is 3.80. The summed E-state index contributed by atoms with van der Waals surface area (Å²) < 4.78 is 128. The van der Waals surface area contributed by atoms with E-state index in [1.165, 1.54) is 31.5 Å². The number of ketones is 2. The molecule has 105 heavy (non-hydrogen) atoms.